The minimum Gasteiger partial charge on any atom is -0.508 e. The van der Waals surface area contributed by atoms with E-state index in [1.807, 2.05) is 28.0 Å². The number of phenols is 1. The Morgan fingerprint density at radius 1 is 1.07 bits per heavy atom. The summed E-state index contributed by atoms with van der Waals surface area (Å²) in [5, 5.41) is 13.5. The molecule has 214 valence electrons. The Morgan fingerprint density at radius 2 is 1.88 bits per heavy atom. The topological polar surface area (TPSA) is 82.1 Å². The molecule has 2 aliphatic heterocycles. The van der Waals surface area contributed by atoms with Crippen molar-refractivity contribution < 1.29 is 19.4 Å². The molecule has 1 saturated carbocycles. The fourth-order valence-corrected chi connectivity index (χ4v) is 7.05. The van der Waals surface area contributed by atoms with E-state index in [0.29, 0.717) is 25.4 Å². The van der Waals surface area contributed by atoms with E-state index in [2.05, 4.69) is 41.7 Å². The van der Waals surface area contributed by atoms with Crippen LogP contribution in [0.25, 0.3) is 11.1 Å². The number of amides is 2. The predicted molar refractivity (Wildman–Crippen MR) is 164 cm³/mol. The number of rotatable bonds is 9. The van der Waals surface area contributed by atoms with Crippen LogP contribution >= 0.6 is 11.8 Å². The van der Waals surface area contributed by atoms with Crippen molar-refractivity contribution in [3.8, 4) is 16.9 Å². The monoisotopic (exact) mass is 571 g/mol. The standard InChI is InChI=1S/C33H37N3O4S/c1-40-16-4-15-35-30-19-26(11-12-31(30)41-21-32(35)38)36(25-9-10-25)33(39)29-20-34-14-13-28(29)24-7-2-5-22(17-24)23-6-3-8-27(37)18-23/h2-3,5-8,11-12,17-19,25,28-29,34,37H,4,9-10,13-16,20-21H2,1H3/t28-,29+/m1/s1. The van der Waals surface area contributed by atoms with E-state index in [-0.39, 0.29) is 35.4 Å². The zero-order valence-electron chi connectivity index (χ0n) is 23.4. The molecule has 2 fully saturated rings. The molecule has 0 aromatic heterocycles. The van der Waals surface area contributed by atoms with Crippen molar-refractivity contribution in [1.29, 1.82) is 0 Å². The number of carbonyl (C=O) groups excluding carboxylic acids is 2. The largest absolute Gasteiger partial charge is 0.508 e. The Kier molecular flexibility index (Phi) is 8.32. The highest BCUT2D eigenvalue weighted by atomic mass is 32.2. The van der Waals surface area contributed by atoms with Gasteiger partial charge >= 0.3 is 0 Å². The number of fused-ring (bicyclic) bond motifs is 1. The number of phenolic OH excluding ortho intramolecular Hbond substituents is 1. The molecular weight excluding hydrogens is 534 g/mol. The van der Waals surface area contributed by atoms with Gasteiger partial charge in [-0.1, -0.05) is 36.4 Å². The van der Waals surface area contributed by atoms with Crippen molar-refractivity contribution in [1.82, 2.24) is 5.32 Å². The number of hydrogen-bond donors (Lipinski definition) is 2. The number of piperidine rings is 1. The molecule has 6 rings (SSSR count). The zero-order valence-corrected chi connectivity index (χ0v) is 24.2. The molecule has 1 saturated heterocycles. The molecule has 3 aromatic rings. The normalized spacial score (nSPS) is 20.5. The van der Waals surface area contributed by atoms with Crippen LogP contribution in [0, 0.1) is 5.92 Å². The highest BCUT2D eigenvalue weighted by Crippen LogP contribution is 2.43. The van der Waals surface area contributed by atoms with Gasteiger partial charge in [0.2, 0.25) is 11.8 Å². The third-order valence-corrected chi connectivity index (χ3v) is 9.38. The first kappa shape index (κ1) is 27.8. The maximum absolute atomic E-state index is 14.4. The quantitative estimate of drug-likeness (QED) is 0.334. The summed E-state index contributed by atoms with van der Waals surface area (Å²) in [4.78, 5) is 32.3. The molecule has 0 unspecified atom stereocenters. The summed E-state index contributed by atoms with van der Waals surface area (Å²) in [6.45, 7) is 2.70. The van der Waals surface area contributed by atoms with E-state index in [0.717, 1.165) is 65.2 Å². The number of nitrogens with one attached hydrogen (secondary N) is 1. The van der Waals surface area contributed by atoms with E-state index < -0.39 is 0 Å². The summed E-state index contributed by atoms with van der Waals surface area (Å²) in [6.07, 6.45) is 3.62. The second kappa shape index (κ2) is 12.3. The predicted octanol–water partition coefficient (Wildman–Crippen LogP) is 5.42. The lowest BCUT2D eigenvalue weighted by Crippen LogP contribution is -2.47. The van der Waals surface area contributed by atoms with E-state index in [1.54, 1.807) is 31.0 Å². The minimum atomic E-state index is -0.200. The van der Waals surface area contributed by atoms with E-state index in [1.165, 1.54) is 0 Å². The minimum absolute atomic E-state index is 0.0857. The number of ether oxygens (including phenoxy) is 1. The van der Waals surface area contributed by atoms with Gasteiger partial charge in [0.25, 0.3) is 0 Å². The number of nitrogens with zero attached hydrogens (tertiary/aromatic N) is 2. The first-order valence-corrected chi connectivity index (χ1v) is 15.5. The summed E-state index contributed by atoms with van der Waals surface area (Å²) >= 11 is 1.57. The van der Waals surface area contributed by atoms with Crippen LogP contribution in [0.2, 0.25) is 0 Å². The number of benzene rings is 3. The summed E-state index contributed by atoms with van der Waals surface area (Å²) in [5.74, 6) is 0.805. The lowest BCUT2D eigenvalue weighted by Gasteiger charge is -2.36. The Morgan fingerprint density at radius 3 is 2.66 bits per heavy atom. The third-order valence-electron chi connectivity index (χ3n) is 8.34. The van der Waals surface area contributed by atoms with Gasteiger partial charge in [-0.25, -0.2) is 0 Å². The fourth-order valence-electron chi connectivity index (χ4n) is 6.13. The van der Waals surface area contributed by atoms with E-state index >= 15 is 0 Å². The molecule has 7 nitrogen and oxygen atoms in total. The summed E-state index contributed by atoms with van der Waals surface area (Å²) in [7, 11) is 1.68. The second-order valence-electron chi connectivity index (χ2n) is 11.2. The Balaban J connectivity index is 1.30. The average molecular weight is 572 g/mol. The molecule has 0 spiro atoms. The van der Waals surface area contributed by atoms with Crippen molar-refractivity contribution in [3.63, 3.8) is 0 Å². The number of methoxy groups -OCH3 is 1. The number of anilines is 2. The highest BCUT2D eigenvalue weighted by Gasteiger charge is 2.41. The van der Waals surface area contributed by atoms with Crippen molar-refractivity contribution in [2.75, 3.05) is 48.9 Å². The zero-order chi connectivity index (χ0) is 28.3. The van der Waals surface area contributed by atoms with Crippen LogP contribution in [0.4, 0.5) is 11.4 Å². The molecule has 8 heteroatoms. The Labute approximate surface area is 245 Å². The molecule has 0 bridgehead atoms. The summed E-state index contributed by atoms with van der Waals surface area (Å²) < 4.78 is 5.23. The van der Waals surface area contributed by atoms with Crippen molar-refractivity contribution in [2.24, 2.45) is 5.92 Å². The van der Waals surface area contributed by atoms with Crippen LogP contribution < -0.4 is 15.1 Å². The maximum atomic E-state index is 14.4. The molecule has 2 heterocycles. The molecule has 2 amide bonds. The third kappa shape index (κ3) is 6.01. The summed E-state index contributed by atoms with van der Waals surface area (Å²) in [6, 6.07) is 22.1. The van der Waals surface area contributed by atoms with Gasteiger partial charge in [0.05, 0.1) is 17.4 Å². The maximum Gasteiger partial charge on any atom is 0.237 e. The Hall–Kier alpha value is -3.33. The first-order chi connectivity index (χ1) is 20.0. The molecule has 41 heavy (non-hydrogen) atoms. The number of thioether (sulfide) groups is 1. The van der Waals surface area contributed by atoms with E-state index in [9.17, 15) is 14.7 Å². The fraction of sp³-hybridized carbons (Fsp3) is 0.394. The highest BCUT2D eigenvalue weighted by molar-refractivity contribution is 8.00. The number of carbonyl (C=O) groups is 2. The van der Waals surface area contributed by atoms with Gasteiger partial charge in [0, 0.05) is 43.4 Å². The molecule has 3 aromatic carbocycles. The van der Waals surface area contributed by atoms with Gasteiger partial charge in [-0.05, 0) is 85.2 Å². The molecular formula is C33H37N3O4S. The molecule has 3 aliphatic rings. The van der Waals surface area contributed by atoms with Crippen LogP contribution in [0.15, 0.2) is 71.6 Å². The average Bonchev–Trinajstić information content (AvgIpc) is 3.84. The lowest BCUT2D eigenvalue weighted by molar-refractivity contribution is -0.123. The van der Waals surface area contributed by atoms with Gasteiger partial charge in [-0.3, -0.25) is 9.59 Å². The molecule has 0 radical (unpaired) electrons. The molecule has 1 aliphatic carbocycles. The van der Waals surface area contributed by atoms with Crippen LogP contribution in [-0.4, -0.2) is 62.1 Å². The van der Waals surface area contributed by atoms with Gasteiger partial charge in [0.15, 0.2) is 0 Å². The molecule has 2 N–H and O–H groups in total. The van der Waals surface area contributed by atoms with Gasteiger partial charge in [-0.2, -0.15) is 0 Å². The van der Waals surface area contributed by atoms with Crippen LogP contribution in [-0.2, 0) is 14.3 Å². The SMILES string of the molecule is COCCCN1C(=O)CSc2ccc(N(C(=O)[C@H]3CNCC[C@@H]3c3cccc(-c4cccc(O)c4)c3)C3CC3)cc21. The molecule has 2 atom stereocenters. The Bertz CT molecular complexity index is 1430. The van der Waals surface area contributed by atoms with Gasteiger partial charge in [-0.15, -0.1) is 11.8 Å². The first-order valence-electron chi connectivity index (χ1n) is 14.5. The van der Waals surface area contributed by atoms with Crippen LogP contribution in [0.3, 0.4) is 0 Å². The van der Waals surface area contributed by atoms with Crippen molar-refractivity contribution in [2.45, 2.75) is 42.5 Å². The van der Waals surface area contributed by atoms with Crippen molar-refractivity contribution in [3.05, 3.63) is 72.3 Å². The van der Waals surface area contributed by atoms with Gasteiger partial charge in [0.1, 0.15) is 5.75 Å². The summed E-state index contributed by atoms with van der Waals surface area (Å²) in [5.41, 5.74) is 4.92. The van der Waals surface area contributed by atoms with Crippen LogP contribution in [0.5, 0.6) is 5.75 Å². The van der Waals surface area contributed by atoms with E-state index in [4.69, 9.17) is 4.74 Å². The number of hydrogen-bond acceptors (Lipinski definition) is 6. The smallest absolute Gasteiger partial charge is 0.237 e. The second-order valence-corrected chi connectivity index (χ2v) is 12.2. The lowest BCUT2D eigenvalue weighted by atomic mass is 9.79. The van der Waals surface area contributed by atoms with Crippen molar-refractivity contribution >= 4 is 35.0 Å². The number of aromatic hydroxyl groups is 1. The van der Waals surface area contributed by atoms with Crippen LogP contribution in [0.1, 0.15) is 37.2 Å². The van der Waals surface area contributed by atoms with Gasteiger partial charge < -0.3 is 25.0 Å².